The first kappa shape index (κ1) is 9.96. The number of oxime groups is 1. The van der Waals surface area contributed by atoms with Crippen LogP contribution in [-0.4, -0.2) is 31.6 Å². The molecule has 10 heavy (non-hydrogen) atoms. The van der Waals surface area contributed by atoms with Gasteiger partial charge in [0.15, 0.2) is 0 Å². The molecule has 0 amide bonds. The molecule has 0 bridgehead atoms. The van der Waals surface area contributed by atoms with E-state index in [4.69, 9.17) is 10.9 Å². The van der Waals surface area contributed by atoms with Crippen molar-refractivity contribution >= 4 is 20.9 Å². The Morgan fingerprint density at radius 3 is 2.10 bits per heavy atom. The van der Waals surface area contributed by atoms with Crippen molar-refractivity contribution < 1.29 is 5.21 Å². The standard InChI is InChI=1S/C6H13N2O.Al.2H/c1-3-6(7,4-2)5-8-9;;;/h9H,3-4,7H2,1-2H3;;;. The first-order valence-corrected chi connectivity index (χ1v) is 4.58. The fourth-order valence-electron chi connectivity index (χ4n) is 0.861. The summed E-state index contributed by atoms with van der Waals surface area (Å²) in [6.07, 6.45) is 1.68. The maximum atomic E-state index is 8.48. The average molecular weight is 158 g/mol. The second kappa shape index (κ2) is 3.97. The maximum absolute atomic E-state index is 8.48. The van der Waals surface area contributed by atoms with E-state index in [1.54, 1.807) is 0 Å². The molecule has 58 valence electrons. The molecule has 0 aliphatic rings. The van der Waals surface area contributed by atoms with E-state index in [0.717, 1.165) is 33.7 Å². The molecular formula is C6H15AlN2O. The normalized spacial score (nSPS) is 13.7. The van der Waals surface area contributed by atoms with Gasteiger partial charge in [-0.15, -0.1) is 5.16 Å². The molecule has 0 aliphatic heterocycles. The van der Waals surface area contributed by atoms with Gasteiger partial charge in [0.25, 0.3) is 16.3 Å². The van der Waals surface area contributed by atoms with Crippen LogP contribution in [0, 0.1) is 0 Å². The lowest BCUT2D eigenvalue weighted by atomic mass is 9.96. The molecule has 3 nitrogen and oxygen atoms in total. The smallest absolute Gasteiger partial charge is 0.291 e. The van der Waals surface area contributed by atoms with Crippen molar-refractivity contribution in [3.63, 3.8) is 0 Å². The van der Waals surface area contributed by atoms with E-state index in [-0.39, 0.29) is 5.54 Å². The quantitative estimate of drug-likeness (QED) is 0.261. The highest BCUT2D eigenvalue weighted by molar-refractivity contribution is 6.61. The van der Waals surface area contributed by atoms with Gasteiger partial charge in [0.1, 0.15) is 0 Å². The Kier molecular flexibility index (Phi) is 3.96. The molecule has 0 heterocycles. The summed E-state index contributed by atoms with van der Waals surface area (Å²) in [6, 6.07) is 0. The number of nitrogens with zero attached hydrogens (tertiary/aromatic N) is 1. The minimum Gasteiger partial charge on any atom is -0.412 e. The van der Waals surface area contributed by atoms with Gasteiger partial charge in [0.05, 0.1) is 0 Å². The molecule has 0 fully saturated rings. The molecule has 0 aromatic rings. The van der Waals surface area contributed by atoms with E-state index in [2.05, 4.69) is 5.16 Å². The Hall–Kier alpha value is -0.0375. The molecule has 0 rings (SSSR count). The third-order valence-corrected chi connectivity index (χ3v) is 3.33. The van der Waals surface area contributed by atoms with Crippen molar-refractivity contribution in [2.75, 3.05) is 0 Å². The second-order valence-corrected chi connectivity index (χ2v) is 3.50. The molecule has 3 N–H and O–H groups in total. The van der Waals surface area contributed by atoms with Gasteiger partial charge in [-0.25, -0.2) is 0 Å². The van der Waals surface area contributed by atoms with Crippen molar-refractivity contribution in [3.05, 3.63) is 0 Å². The highest BCUT2D eigenvalue weighted by atomic mass is 27.0. The lowest BCUT2D eigenvalue weighted by Gasteiger charge is -2.25. The van der Waals surface area contributed by atoms with Crippen molar-refractivity contribution in [2.24, 2.45) is 10.9 Å². The average Bonchev–Trinajstić information content (AvgIpc) is 2.01. The lowest BCUT2D eigenvalue weighted by Crippen LogP contribution is -2.47. The van der Waals surface area contributed by atoms with Gasteiger partial charge in [0.2, 0.25) is 0 Å². The fraction of sp³-hybridized carbons (Fsp3) is 0.833. The number of hydrogen-bond donors (Lipinski definition) is 2. The topological polar surface area (TPSA) is 58.6 Å². The molecule has 0 unspecified atom stereocenters. The first-order chi connectivity index (χ1) is 4.60. The highest BCUT2D eigenvalue weighted by Crippen LogP contribution is 2.11. The zero-order chi connectivity index (χ0) is 8.20. The summed E-state index contributed by atoms with van der Waals surface area (Å²) in [5.41, 5.74) is 5.55. The molecular weight excluding hydrogens is 143 g/mol. The number of nitrogens with two attached hydrogens (primary N) is 1. The Morgan fingerprint density at radius 1 is 1.60 bits per heavy atom. The predicted octanol–water partition coefficient (Wildman–Crippen LogP) is -0.0753. The van der Waals surface area contributed by atoms with Crippen LogP contribution in [0.5, 0.6) is 0 Å². The van der Waals surface area contributed by atoms with Crippen LogP contribution >= 0.6 is 0 Å². The van der Waals surface area contributed by atoms with Crippen molar-refractivity contribution in [3.8, 4) is 0 Å². The van der Waals surface area contributed by atoms with Gasteiger partial charge in [-0.1, -0.05) is 13.8 Å². The molecule has 0 saturated carbocycles. The number of rotatable bonds is 3. The van der Waals surface area contributed by atoms with Gasteiger partial charge < -0.3 is 10.9 Å². The van der Waals surface area contributed by atoms with Crippen LogP contribution < -0.4 is 5.73 Å². The molecule has 0 radical (unpaired) electrons. The van der Waals surface area contributed by atoms with Crippen LogP contribution in [0.2, 0.25) is 0 Å². The van der Waals surface area contributed by atoms with Crippen LogP contribution in [0.1, 0.15) is 26.7 Å². The molecule has 0 aliphatic carbocycles. The largest absolute Gasteiger partial charge is 0.412 e. The Balaban J connectivity index is 4.32. The first-order valence-electron chi connectivity index (χ1n) is 3.58. The van der Waals surface area contributed by atoms with Crippen LogP contribution in [0.4, 0.5) is 0 Å². The number of hydrogen-bond acceptors (Lipinski definition) is 3. The Morgan fingerprint density at radius 2 is 2.00 bits per heavy atom. The molecule has 0 atom stereocenters. The summed E-state index contributed by atoms with van der Waals surface area (Å²) in [7, 11) is 0. The van der Waals surface area contributed by atoms with Crippen molar-refractivity contribution in [1.82, 2.24) is 0 Å². The monoisotopic (exact) mass is 158 g/mol. The van der Waals surface area contributed by atoms with Crippen LogP contribution in [0.15, 0.2) is 5.16 Å². The predicted molar refractivity (Wildman–Crippen MR) is 45.3 cm³/mol. The van der Waals surface area contributed by atoms with E-state index in [0.29, 0.717) is 0 Å². The fourth-order valence-corrected chi connectivity index (χ4v) is 1.57. The highest BCUT2D eigenvalue weighted by Gasteiger charge is 2.23. The maximum Gasteiger partial charge on any atom is 0.291 e. The van der Waals surface area contributed by atoms with Crippen LogP contribution in [-0.2, 0) is 0 Å². The molecule has 4 heteroatoms. The Bertz CT molecular complexity index is 132. The summed E-state index contributed by atoms with van der Waals surface area (Å²) in [5.74, 6) is 0. The molecule has 0 spiro atoms. The van der Waals surface area contributed by atoms with E-state index in [1.807, 2.05) is 13.8 Å². The molecule has 0 aromatic carbocycles. The lowest BCUT2D eigenvalue weighted by molar-refractivity contribution is 0.313. The summed E-state index contributed by atoms with van der Waals surface area (Å²) in [5, 5.41) is 11.6. The van der Waals surface area contributed by atoms with E-state index in [1.165, 1.54) is 0 Å². The van der Waals surface area contributed by atoms with Gasteiger partial charge >= 0.3 is 0 Å². The summed E-state index contributed by atoms with van der Waals surface area (Å²) < 4.78 is 0.748. The van der Waals surface area contributed by atoms with Gasteiger partial charge in [-0.05, 0) is 17.4 Å². The minimum atomic E-state index is -0.346. The van der Waals surface area contributed by atoms with Crippen molar-refractivity contribution in [2.45, 2.75) is 32.2 Å². The second-order valence-electron chi connectivity index (χ2n) is 2.55. The van der Waals surface area contributed by atoms with Crippen LogP contribution in [0.3, 0.4) is 0 Å². The summed E-state index contributed by atoms with van der Waals surface area (Å²) in [4.78, 5) is 0. The van der Waals surface area contributed by atoms with Gasteiger partial charge in [-0.3, -0.25) is 0 Å². The molecule has 0 saturated heterocycles. The third-order valence-electron chi connectivity index (χ3n) is 2.13. The van der Waals surface area contributed by atoms with Crippen LogP contribution in [0.25, 0.3) is 0 Å². The van der Waals surface area contributed by atoms with Gasteiger partial charge in [-0.2, -0.15) is 0 Å². The SMILES string of the molecule is CCC(N)(CC)/[C]([AlH2])=N\O. The van der Waals surface area contributed by atoms with E-state index in [9.17, 15) is 0 Å². The zero-order valence-corrected chi connectivity index (χ0v) is 8.89. The van der Waals surface area contributed by atoms with E-state index >= 15 is 0 Å². The summed E-state index contributed by atoms with van der Waals surface area (Å²) in [6.45, 7) is 4.01. The van der Waals surface area contributed by atoms with Crippen molar-refractivity contribution in [1.29, 1.82) is 0 Å². The zero-order valence-electron chi connectivity index (χ0n) is 6.89. The Labute approximate surface area is 69.7 Å². The third kappa shape index (κ3) is 1.98. The summed E-state index contributed by atoms with van der Waals surface area (Å²) >= 11 is 0.742. The minimum absolute atomic E-state index is 0.346. The molecule has 0 aromatic heterocycles. The van der Waals surface area contributed by atoms with Gasteiger partial charge in [0, 0.05) is 5.54 Å². The van der Waals surface area contributed by atoms with E-state index < -0.39 is 0 Å².